The third-order valence-corrected chi connectivity index (χ3v) is 5.87. The number of benzene rings is 1. The second-order valence-electron chi connectivity index (χ2n) is 6.31. The van der Waals surface area contributed by atoms with Crippen LogP contribution in [0.5, 0.6) is 0 Å². The summed E-state index contributed by atoms with van der Waals surface area (Å²) in [5, 5.41) is 13.9. The monoisotopic (exact) mass is 416 g/mol. The molecule has 2 amide bonds. The second-order valence-corrected chi connectivity index (χ2v) is 8.51. The Morgan fingerprint density at radius 3 is 2.57 bits per heavy atom. The molecule has 0 radical (unpaired) electrons. The first-order valence-electron chi connectivity index (χ1n) is 8.53. The van der Waals surface area contributed by atoms with Crippen molar-refractivity contribution in [2.45, 2.75) is 32.0 Å². The number of amides is 2. The average Bonchev–Trinajstić information content (AvgIpc) is 3.21. The summed E-state index contributed by atoms with van der Waals surface area (Å²) in [5.41, 5.74) is 3.43. The van der Waals surface area contributed by atoms with E-state index >= 15 is 0 Å². The molecule has 0 fully saturated rings. The fraction of sp³-hybridized carbons (Fsp3) is 0.263. The number of thioether (sulfide) groups is 1. The molecule has 9 heteroatoms. The van der Waals surface area contributed by atoms with Crippen molar-refractivity contribution in [2.24, 2.45) is 0 Å². The highest BCUT2D eigenvalue weighted by Gasteiger charge is 2.16. The summed E-state index contributed by atoms with van der Waals surface area (Å²) in [6, 6.07) is 7.55. The lowest BCUT2D eigenvalue weighted by atomic mass is 10.1. The lowest BCUT2D eigenvalue weighted by molar-refractivity contribution is -0.113. The molecule has 3 rings (SSSR count). The van der Waals surface area contributed by atoms with Crippen molar-refractivity contribution in [3.05, 3.63) is 52.5 Å². The van der Waals surface area contributed by atoms with Crippen LogP contribution in [0.4, 0.5) is 10.8 Å². The van der Waals surface area contributed by atoms with Gasteiger partial charge in [-0.2, -0.15) is 0 Å². The lowest BCUT2D eigenvalue weighted by Gasteiger charge is -2.08. The summed E-state index contributed by atoms with van der Waals surface area (Å²) in [6.45, 7) is 7.48. The number of anilines is 2. The first-order valence-corrected chi connectivity index (χ1v) is 10.3. The fourth-order valence-electron chi connectivity index (χ4n) is 2.61. The minimum absolute atomic E-state index is 0.123. The van der Waals surface area contributed by atoms with Gasteiger partial charge in [-0.3, -0.25) is 14.9 Å². The van der Waals surface area contributed by atoms with Crippen LogP contribution in [0.1, 0.15) is 33.0 Å². The number of carbonyl (C=O) groups is 2. The summed E-state index contributed by atoms with van der Waals surface area (Å²) < 4.78 is 5.97. The Bertz CT molecular complexity index is 1030. The predicted molar refractivity (Wildman–Crippen MR) is 111 cm³/mol. The third kappa shape index (κ3) is 4.99. The Morgan fingerprint density at radius 2 is 1.89 bits per heavy atom. The van der Waals surface area contributed by atoms with Gasteiger partial charge in [0.25, 0.3) is 5.91 Å². The molecule has 0 unspecified atom stereocenters. The Labute approximate surface area is 170 Å². The first kappa shape index (κ1) is 20.1. The van der Waals surface area contributed by atoms with Crippen LogP contribution in [0.25, 0.3) is 0 Å². The number of furan rings is 1. The Morgan fingerprint density at radius 1 is 1.11 bits per heavy atom. The molecular formula is C19H20N4O3S2. The topological polar surface area (TPSA) is 97.1 Å². The number of nitrogens with zero attached hydrogens (tertiary/aromatic N) is 2. The standard InChI is InChI=1S/C19H20N4O3S2/c1-10-5-6-15(11(2)7-10)20-16(24)9-27-19-23-22-18(28-19)21-17(25)14-8-12(3)26-13(14)4/h5-8H,9H2,1-4H3,(H,20,24)(H,21,22,25). The van der Waals surface area contributed by atoms with Crippen LogP contribution in [-0.2, 0) is 4.79 Å². The molecule has 2 N–H and O–H groups in total. The van der Waals surface area contributed by atoms with E-state index < -0.39 is 0 Å². The van der Waals surface area contributed by atoms with E-state index in [0.29, 0.717) is 26.6 Å². The van der Waals surface area contributed by atoms with Gasteiger partial charge in [-0.25, -0.2) is 0 Å². The van der Waals surface area contributed by atoms with Crippen LogP contribution in [0.3, 0.4) is 0 Å². The van der Waals surface area contributed by atoms with E-state index in [4.69, 9.17) is 4.42 Å². The van der Waals surface area contributed by atoms with Crippen molar-refractivity contribution < 1.29 is 14.0 Å². The molecule has 0 bridgehead atoms. The highest BCUT2D eigenvalue weighted by molar-refractivity contribution is 8.01. The van der Waals surface area contributed by atoms with E-state index in [1.165, 1.54) is 23.1 Å². The normalized spacial score (nSPS) is 10.7. The average molecular weight is 417 g/mol. The first-order chi connectivity index (χ1) is 13.3. The third-order valence-electron chi connectivity index (χ3n) is 3.90. The van der Waals surface area contributed by atoms with E-state index in [1.54, 1.807) is 19.9 Å². The van der Waals surface area contributed by atoms with Gasteiger partial charge in [0.2, 0.25) is 11.0 Å². The van der Waals surface area contributed by atoms with Gasteiger partial charge < -0.3 is 9.73 Å². The molecule has 28 heavy (non-hydrogen) atoms. The van der Waals surface area contributed by atoms with Gasteiger partial charge in [0, 0.05) is 5.69 Å². The second kappa shape index (κ2) is 8.57. The van der Waals surface area contributed by atoms with Crippen molar-refractivity contribution in [3.8, 4) is 0 Å². The van der Waals surface area contributed by atoms with E-state index in [9.17, 15) is 9.59 Å². The summed E-state index contributed by atoms with van der Waals surface area (Å²) in [5.74, 6) is 1.01. The molecule has 3 aromatic rings. The molecule has 0 spiro atoms. The predicted octanol–water partition coefficient (Wildman–Crippen LogP) is 4.35. The minimum atomic E-state index is -0.297. The van der Waals surface area contributed by atoms with E-state index in [-0.39, 0.29) is 17.6 Å². The Hall–Kier alpha value is -2.65. The van der Waals surface area contributed by atoms with Crippen LogP contribution in [0.2, 0.25) is 0 Å². The molecule has 0 atom stereocenters. The van der Waals surface area contributed by atoms with Crippen LogP contribution in [0.15, 0.2) is 33.0 Å². The highest BCUT2D eigenvalue weighted by Crippen LogP contribution is 2.26. The number of hydrogen-bond acceptors (Lipinski definition) is 7. The summed E-state index contributed by atoms with van der Waals surface area (Å²) in [7, 11) is 0. The van der Waals surface area contributed by atoms with Crippen LogP contribution in [0, 0.1) is 27.7 Å². The molecule has 146 valence electrons. The van der Waals surface area contributed by atoms with Crippen LogP contribution in [-0.4, -0.2) is 27.8 Å². The number of aromatic nitrogens is 2. The van der Waals surface area contributed by atoms with Crippen molar-refractivity contribution in [1.29, 1.82) is 0 Å². The van der Waals surface area contributed by atoms with Crippen molar-refractivity contribution in [1.82, 2.24) is 10.2 Å². The molecule has 7 nitrogen and oxygen atoms in total. The molecular weight excluding hydrogens is 396 g/mol. The van der Waals surface area contributed by atoms with Crippen molar-refractivity contribution in [2.75, 3.05) is 16.4 Å². The number of carbonyl (C=O) groups excluding carboxylic acids is 2. The van der Waals surface area contributed by atoms with Crippen LogP contribution >= 0.6 is 23.1 Å². The van der Waals surface area contributed by atoms with Gasteiger partial charge in [-0.05, 0) is 45.4 Å². The maximum atomic E-state index is 12.3. The number of rotatable bonds is 6. The maximum Gasteiger partial charge on any atom is 0.261 e. The number of hydrogen-bond donors (Lipinski definition) is 2. The molecule has 1 aromatic carbocycles. The number of nitrogens with one attached hydrogen (secondary N) is 2. The van der Waals surface area contributed by atoms with Crippen molar-refractivity contribution >= 4 is 45.7 Å². The van der Waals surface area contributed by atoms with Gasteiger partial charge in [-0.15, -0.1) is 10.2 Å². The lowest BCUT2D eigenvalue weighted by Crippen LogP contribution is -2.14. The maximum absolute atomic E-state index is 12.3. The quantitative estimate of drug-likeness (QED) is 0.458. The van der Waals surface area contributed by atoms with Gasteiger partial charge in [0.05, 0.1) is 11.3 Å². The van der Waals surface area contributed by atoms with Gasteiger partial charge in [0.15, 0.2) is 4.34 Å². The Balaban J connectivity index is 1.53. The van der Waals surface area contributed by atoms with E-state index in [1.807, 2.05) is 32.0 Å². The molecule has 0 saturated heterocycles. The highest BCUT2D eigenvalue weighted by atomic mass is 32.2. The molecule has 2 heterocycles. The minimum Gasteiger partial charge on any atom is -0.466 e. The SMILES string of the molecule is Cc1ccc(NC(=O)CSc2nnc(NC(=O)c3cc(C)oc3C)s2)c(C)c1. The molecule has 0 aliphatic heterocycles. The van der Waals surface area contributed by atoms with Gasteiger partial charge in [-0.1, -0.05) is 40.8 Å². The van der Waals surface area contributed by atoms with Gasteiger partial charge in [0.1, 0.15) is 11.5 Å². The summed E-state index contributed by atoms with van der Waals surface area (Å²) in [6.07, 6.45) is 0. The van der Waals surface area contributed by atoms with Crippen molar-refractivity contribution in [3.63, 3.8) is 0 Å². The Kier molecular flexibility index (Phi) is 6.15. The zero-order valence-corrected chi connectivity index (χ0v) is 17.6. The molecule has 2 aromatic heterocycles. The zero-order valence-electron chi connectivity index (χ0n) is 16.0. The fourth-order valence-corrected chi connectivity index (χ4v) is 4.15. The number of aryl methyl sites for hydroxylation is 4. The summed E-state index contributed by atoms with van der Waals surface area (Å²) in [4.78, 5) is 24.5. The smallest absolute Gasteiger partial charge is 0.261 e. The van der Waals surface area contributed by atoms with E-state index in [0.717, 1.165) is 16.8 Å². The van der Waals surface area contributed by atoms with E-state index in [2.05, 4.69) is 20.8 Å². The van der Waals surface area contributed by atoms with Gasteiger partial charge >= 0.3 is 0 Å². The summed E-state index contributed by atoms with van der Waals surface area (Å²) >= 11 is 2.49. The zero-order chi connectivity index (χ0) is 20.3. The molecule has 0 saturated carbocycles. The largest absolute Gasteiger partial charge is 0.466 e. The molecule has 0 aliphatic carbocycles. The molecule has 0 aliphatic rings. The van der Waals surface area contributed by atoms with Crippen LogP contribution < -0.4 is 10.6 Å².